The summed E-state index contributed by atoms with van der Waals surface area (Å²) in [7, 11) is 0. The first-order chi connectivity index (χ1) is 12.2. The van der Waals surface area contributed by atoms with Crippen LogP contribution >= 0.6 is 0 Å². The van der Waals surface area contributed by atoms with Crippen LogP contribution in [-0.4, -0.2) is 11.6 Å². The molecule has 0 bridgehead atoms. The number of benzene rings is 2. The Morgan fingerprint density at radius 2 is 1.42 bits per heavy atom. The lowest BCUT2D eigenvalue weighted by molar-refractivity contribution is -0.114. The number of carbonyl (C=O) groups is 1. The highest BCUT2D eigenvalue weighted by Gasteiger charge is 2.37. The van der Waals surface area contributed by atoms with E-state index >= 15 is 0 Å². The Morgan fingerprint density at radius 3 is 2.00 bits per heavy atom. The lowest BCUT2D eigenvalue weighted by Gasteiger charge is -2.15. The van der Waals surface area contributed by atoms with E-state index in [1.807, 2.05) is 0 Å². The lowest BCUT2D eigenvalue weighted by atomic mass is 10.1. The maximum absolute atomic E-state index is 13.9. The minimum absolute atomic E-state index is 0.00957. The molecule has 0 aromatic heterocycles. The summed E-state index contributed by atoms with van der Waals surface area (Å²) >= 11 is 0. The van der Waals surface area contributed by atoms with Gasteiger partial charge in [0.1, 0.15) is 11.5 Å². The fraction of sp³-hybridized carbons (Fsp3) is 0.0588. The van der Waals surface area contributed by atoms with E-state index in [1.54, 1.807) is 0 Å². The van der Waals surface area contributed by atoms with Crippen LogP contribution in [0.5, 0.6) is 0 Å². The van der Waals surface area contributed by atoms with Crippen LogP contribution < -0.4 is 5.01 Å². The summed E-state index contributed by atoms with van der Waals surface area (Å²) in [5.74, 6) is -13.0. The van der Waals surface area contributed by atoms with Crippen molar-refractivity contribution in [1.82, 2.24) is 0 Å². The van der Waals surface area contributed by atoms with Crippen molar-refractivity contribution in [2.45, 2.75) is 6.92 Å². The minimum atomic E-state index is -2.35. The summed E-state index contributed by atoms with van der Waals surface area (Å²) in [5, 5.41) is 3.62. The normalized spacial score (nSPS) is 15.8. The van der Waals surface area contributed by atoms with E-state index < -0.39 is 46.5 Å². The van der Waals surface area contributed by atoms with Gasteiger partial charge in [0.05, 0.1) is 11.3 Å². The Bertz CT molecular complexity index is 970. The fourth-order valence-electron chi connectivity index (χ4n) is 2.36. The van der Waals surface area contributed by atoms with Crippen molar-refractivity contribution in [3.63, 3.8) is 0 Å². The molecule has 1 heterocycles. The Balaban J connectivity index is 2.12. The first-order valence-electron chi connectivity index (χ1n) is 7.11. The smallest absolute Gasteiger partial charge is 0.267 e. The maximum Gasteiger partial charge on any atom is 0.280 e. The lowest BCUT2D eigenvalue weighted by Crippen LogP contribution is -2.25. The average Bonchev–Trinajstić information content (AvgIpc) is 2.88. The first-order valence-corrected chi connectivity index (χ1v) is 7.11. The number of carbonyl (C=O) groups excluding carboxylic acids is 1. The molecule has 0 N–H and O–H groups in total. The van der Waals surface area contributed by atoms with E-state index in [9.17, 15) is 31.1 Å². The number of hydrogen-bond acceptors (Lipinski definition) is 2. The van der Waals surface area contributed by atoms with E-state index in [2.05, 4.69) is 5.10 Å². The van der Waals surface area contributed by atoms with Gasteiger partial charge in [-0.1, -0.05) is 18.2 Å². The van der Waals surface area contributed by atoms with E-state index in [0.29, 0.717) is 0 Å². The zero-order valence-electron chi connectivity index (χ0n) is 13.0. The molecule has 2 aromatic carbocycles. The largest absolute Gasteiger partial charge is 0.280 e. The summed E-state index contributed by atoms with van der Waals surface area (Å²) in [4.78, 5) is 12.4. The van der Waals surface area contributed by atoms with Gasteiger partial charge in [0.15, 0.2) is 23.3 Å². The molecule has 0 unspecified atom stereocenters. The van der Waals surface area contributed by atoms with E-state index in [4.69, 9.17) is 0 Å². The van der Waals surface area contributed by atoms with Gasteiger partial charge in [-0.25, -0.2) is 26.3 Å². The highest BCUT2D eigenvalue weighted by molar-refractivity contribution is 6.32. The standard InChI is InChI=1S/C17H8F6N2O/c1-7-9(6-8-4-2-3-5-10(8)18)17(26)25(24-7)16-14(22)12(20)11(19)13(21)15(16)23/h2-6H,1H3/b9-6+. The van der Waals surface area contributed by atoms with E-state index in [0.717, 1.165) is 12.1 Å². The van der Waals surface area contributed by atoms with Crippen molar-refractivity contribution < 1.29 is 31.1 Å². The van der Waals surface area contributed by atoms with Crippen LogP contribution in [-0.2, 0) is 4.79 Å². The van der Waals surface area contributed by atoms with Gasteiger partial charge in [0.25, 0.3) is 5.91 Å². The summed E-state index contributed by atoms with van der Waals surface area (Å²) in [5.41, 5.74) is -1.84. The molecule has 9 heteroatoms. The SMILES string of the molecule is CC1=NN(c2c(F)c(F)c(F)c(F)c2F)C(=O)/C1=C/c1ccccc1F. The molecule has 0 saturated carbocycles. The number of nitrogens with zero attached hydrogens (tertiary/aromatic N) is 2. The molecule has 3 nitrogen and oxygen atoms in total. The summed E-state index contributed by atoms with van der Waals surface area (Å²) < 4.78 is 81.4. The number of hydrazone groups is 1. The van der Waals surface area contributed by atoms with Crippen LogP contribution in [0.3, 0.4) is 0 Å². The monoisotopic (exact) mass is 370 g/mol. The summed E-state index contributed by atoms with van der Waals surface area (Å²) in [6, 6.07) is 5.36. The summed E-state index contributed by atoms with van der Waals surface area (Å²) in [6.45, 7) is 1.27. The predicted molar refractivity (Wildman–Crippen MR) is 81.2 cm³/mol. The second kappa shape index (κ2) is 6.32. The molecule has 134 valence electrons. The third-order valence-electron chi connectivity index (χ3n) is 3.67. The quantitative estimate of drug-likeness (QED) is 0.335. The van der Waals surface area contributed by atoms with Gasteiger partial charge < -0.3 is 0 Å². The molecule has 0 saturated heterocycles. The van der Waals surface area contributed by atoms with E-state index in [-0.39, 0.29) is 21.9 Å². The van der Waals surface area contributed by atoms with Crippen molar-refractivity contribution in [3.05, 3.63) is 70.3 Å². The van der Waals surface area contributed by atoms with Gasteiger partial charge in [-0.3, -0.25) is 4.79 Å². The Hall–Kier alpha value is -3.10. The minimum Gasteiger partial charge on any atom is -0.267 e. The predicted octanol–water partition coefficient (Wildman–Crippen LogP) is 4.33. The van der Waals surface area contributed by atoms with Gasteiger partial charge in [-0.2, -0.15) is 10.1 Å². The number of amides is 1. The second-order valence-corrected chi connectivity index (χ2v) is 5.30. The van der Waals surface area contributed by atoms with Crippen molar-refractivity contribution in [2.75, 3.05) is 5.01 Å². The maximum atomic E-state index is 13.9. The number of anilines is 1. The highest BCUT2D eigenvalue weighted by Crippen LogP contribution is 2.34. The molecule has 1 aliphatic rings. The molecule has 26 heavy (non-hydrogen) atoms. The second-order valence-electron chi connectivity index (χ2n) is 5.30. The molecule has 0 fully saturated rings. The van der Waals surface area contributed by atoms with Gasteiger partial charge in [0, 0.05) is 5.56 Å². The molecule has 1 amide bonds. The Kier molecular flexibility index (Phi) is 4.31. The van der Waals surface area contributed by atoms with Gasteiger partial charge in [-0.15, -0.1) is 0 Å². The fourth-order valence-corrected chi connectivity index (χ4v) is 2.36. The highest BCUT2D eigenvalue weighted by atomic mass is 19.2. The topological polar surface area (TPSA) is 32.7 Å². The zero-order valence-corrected chi connectivity index (χ0v) is 13.0. The zero-order chi connectivity index (χ0) is 19.2. The van der Waals surface area contributed by atoms with Crippen LogP contribution in [0.4, 0.5) is 32.0 Å². The third kappa shape index (κ3) is 2.65. The Labute approximate surface area is 142 Å². The molecular formula is C17H8F6N2O. The Morgan fingerprint density at radius 1 is 0.885 bits per heavy atom. The molecule has 2 aromatic rings. The van der Waals surface area contributed by atoms with Crippen molar-refractivity contribution >= 4 is 23.4 Å². The molecule has 0 spiro atoms. The van der Waals surface area contributed by atoms with Gasteiger partial charge in [0.2, 0.25) is 5.82 Å². The molecular weight excluding hydrogens is 362 g/mol. The number of hydrogen-bond donors (Lipinski definition) is 0. The molecule has 0 aliphatic carbocycles. The van der Waals surface area contributed by atoms with Gasteiger partial charge in [-0.05, 0) is 19.1 Å². The molecule has 0 radical (unpaired) electrons. The third-order valence-corrected chi connectivity index (χ3v) is 3.67. The van der Waals surface area contributed by atoms with Crippen LogP contribution in [0.1, 0.15) is 12.5 Å². The van der Waals surface area contributed by atoms with E-state index in [1.165, 1.54) is 25.1 Å². The van der Waals surface area contributed by atoms with Gasteiger partial charge >= 0.3 is 0 Å². The number of rotatable bonds is 2. The molecule has 3 rings (SSSR count). The van der Waals surface area contributed by atoms with Crippen LogP contribution in [0, 0.1) is 34.9 Å². The number of halogens is 6. The van der Waals surface area contributed by atoms with Crippen molar-refractivity contribution in [2.24, 2.45) is 5.10 Å². The first kappa shape index (κ1) is 17.7. The molecule has 0 atom stereocenters. The average molecular weight is 370 g/mol. The summed E-state index contributed by atoms with van der Waals surface area (Å²) in [6.07, 6.45) is 1.07. The molecule has 1 aliphatic heterocycles. The van der Waals surface area contributed by atoms with Crippen LogP contribution in [0.25, 0.3) is 6.08 Å². The van der Waals surface area contributed by atoms with Crippen molar-refractivity contribution in [1.29, 1.82) is 0 Å². The van der Waals surface area contributed by atoms with Crippen LogP contribution in [0.2, 0.25) is 0 Å². The van der Waals surface area contributed by atoms with Crippen LogP contribution in [0.15, 0.2) is 34.9 Å². The van der Waals surface area contributed by atoms with Crippen molar-refractivity contribution in [3.8, 4) is 0 Å².